The number of methoxy groups -OCH3 is 1. The van der Waals surface area contributed by atoms with Gasteiger partial charge in [-0.15, -0.1) is 0 Å². The highest BCUT2D eigenvalue weighted by molar-refractivity contribution is 5.49. The fourth-order valence-electron chi connectivity index (χ4n) is 2.36. The molecule has 0 spiro atoms. The molecule has 0 radical (unpaired) electrons. The Morgan fingerprint density at radius 1 is 1.38 bits per heavy atom. The van der Waals surface area contributed by atoms with Crippen molar-refractivity contribution in [3.63, 3.8) is 0 Å². The second-order valence-corrected chi connectivity index (χ2v) is 4.75. The van der Waals surface area contributed by atoms with Crippen LogP contribution in [0.3, 0.4) is 0 Å². The topological polar surface area (TPSA) is 34.1 Å². The Bertz CT molecular complexity index is 365. The van der Waals surface area contributed by atoms with Crippen LogP contribution < -0.4 is 10.1 Å². The third-order valence-corrected chi connectivity index (χ3v) is 3.32. The first-order valence-corrected chi connectivity index (χ1v) is 5.97. The molecular weight excluding hydrogens is 200 g/mol. The molecule has 0 saturated heterocycles. The van der Waals surface area contributed by atoms with E-state index in [1.165, 1.54) is 19.3 Å². The molecule has 1 fully saturated rings. The lowest BCUT2D eigenvalue weighted by atomic mass is 10.1. The van der Waals surface area contributed by atoms with Crippen molar-refractivity contribution in [2.75, 3.05) is 12.4 Å². The van der Waals surface area contributed by atoms with Crippen molar-refractivity contribution < 1.29 is 4.74 Å². The van der Waals surface area contributed by atoms with E-state index in [1.54, 1.807) is 7.11 Å². The molecule has 1 aliphatic rings. The van der Waals surface area contributed by atoms with Gasteiger partial charge in [-0.05, 0) is 38.2 Å². The summed E-state index contributed by atoms with van der Waals surface area (Å²) < 4.78 is 5.10. The molecule has 3 heteroatoms. The van der Waals surface area contributed by atoms with Crippen LogP contribution in [-0.4, -0.2) is 18.1 Å². The minimum Gasteiger partial charge on any atom is -0.481 e. The van der Waals surface area contributed by atoms with E-state index in [9.17, 15) is 0 Å². The number of aromatic nitrogens is 1. The van der Waals surface area contributed by atoms with Gasteiger partial charge in [-0.2, -0.15) is 0 Å². The summed E-state index contributed by atoms with van der Waals surface area (Å²) in [7, 11) is 1.65. The molecule has 88 valence electrons. The van der Waals surface area contributed by atoms with Crippen LogP contribution in [0.15, 0.2) is 12.1 Å². The van der Waals surface area contributed by atoms with Gasteiger partial charge in [0.05, 0.1) is 18.5 Å². The first kappa shape index (κ1) is 11.2. The number of pyridine rings is 1. The van der Waals surface area contributed by atoms with E-state index in [1.807, 2.05) is 13.0 Å². The number of hydrogen-bond donors (Lipinski definition) is 1. The zero-order chi connectivity index (χ0) is 11.5. The van der Waals surface area contributed by atoms with Gasteiger partial charge in [0, 0.05) is 12.1 Å². The van der Waals surface area contributed by atoms with E-state index >= 15 is 0 Å². The Labute approximate surface area is 97.2 Å². The third-order valence-electron chi connectivity index (χ3n) is 3.32. The molecular formula is C13H20N2O. The molecule has 0 bridgehead atoms. The summed E-state index contributed by atoms with van der Waals surface area (Å²) in [4.78, 5) is 4.37. The maximum atomic E-state index is 5.10. The van der Waals surface area contributed by atoms with Crippen molar-refractivity contribution in [3.8, 4) is 5.88 Å². The second kappa shape index (κ2) is 4.73. The Balaban J connectivity index is 2.04. The normalized spacial score (nSPS) is 24.4. The molecule has 1 aromatic rings. The van der Waals surface area contributed by atoms with E-state index in [0.29, 0.717) is 11.9 Å². The average Bonchev–Trinajstić information content (AvgIpc) is 2.67. The predicted octanol–water partition coefficient (Wildman–Crippen LogP) is 3.00. The summed E-state index contributed by atoms with van der Waals surface area (Å²) in [6, 6.07) is 4.58. The van der Waals surface area contributed by atoms with Gasteiger partial charge >= 0.3 is 0 Å². The summed E-state index contributed by atoms with van der Waals surface area (Å²) in [5.74, 6) is 1.53. The zero-order valence-electron chi connectivity index (χ0n) is 10.3. The predicted molar refractivity (Wildman–Crippen MR) is 66.0 cm³/mol. The number of nitrogens with one attached hydrogen (secondary N) is 1. The molecule has 2 atom stereocenters. The first-order chi connectivity index (χ1) is 7.69. The molecule has 1 aliphatic carbocycles. The SMILES string of the molecule is COc1ccc(NC2CCC(C)C2)c(C)n1. The lowest BCUT2D eigenvalue weighted by Crippen LogP contribution is -2.16. The standard InChI is InChI=1S/C13H20N2O/c1-9-4-5-11(8-9)15-12-6-7-13(16-3)14-10(12)2/h6-7,9,11,15H,4-5,8H2,1-3H3. The van der Waals surface area contributed by atoms with Gasteiger partial charge in [-0.1, -0.05) is 6.92 Å². The molecule has 1 heterocycles. The Hall–Kier alpha value is -1.25. The van der Waals surface area contributed by atoms with Gasteiger partial charge in [0.25, 0.3) is 0 Å². The van der Waals surface area contributed by atoms with E-state index in [0.717, 1.165) is 17.3 Å². The first-order valence-electron chi connectivity index (χ1n) is 5.97. The smallest absolute Gasteiger partial charge is 0.213 e. The van der Waals surface area contributed by atoms with Crippen LogP contribution in [0.2, 0.25) is 0 Å². The van der Waals surface area contributed by atoms with Gasteiger partial charge in [-0.3, -0.25) is 0 Å². The van der Waals surface area contributed by atoms with Crippen molar-refractivity contribution >= 4 is 5.69 Å². The molecule has 2 unspecified atom stereocenters. The van der Waals surface area contributed by atoms with Crippen molar-refractivity contribution in [1.29, 1.82) is 0 Å². The van der Waals surface area contributed by atoms with E-state index < -0.39 is 0 Å². The van der Waals surface area contributed by atoms with Crippen LogP contribution in [0.1, 0.15) is 31.9 Å². The van der Waals surface area contributed by atoms with Crippen molar-refractivity contribution in [2.45, 2.75) is 39.2 Å². The van der Waals surface area contributed by atoms with Crippen molar-refractivity contribution in [1.82, 2.24) is 4.98 Å². The summed E-state index contributed by atoms with van der Waals surface area (Å²) >= 11 is 0. The minimum atomic E-state index is 0.615. The number of anilines is 1. The minimum absolute atomic E-state index is 0.615. The van der Waals surface area contributed by atoms with Crippen molar-refractivity contribution in [3.05, 3.63) is 17.8 Å². The third kappa shape index (κ3) is 2.46. The van der Waals surface area contributed by atoms with Crippen molar-refractivity contribution in [2.24, 2.45) is 5.92 Å². The molecule has 3 nitrogen and oxygen atoms in total. The van der Waals surface area contributed by atoms with Gasteiger partial charge in [-0.25, -0.2) is 4.98 Å². The van der Waals surface area contributed by atoms with E-state index in [-0.39, 0.29) is 0 Å². The summed E-state index contributed by atoms with van der Waals surface area (Å²) in [5, 5.41) is 3.57. The molecule has 0 amide bonds. The average molecular weight is 220 g/mol. The van der Waals surface area contributed by atoms with Gasteiger partial charge in [0.15, 0.2) is 0 Å². The number of ether oxygens (including phenoxy) is 1. The Kier molecular flexibility index (Phi) is 3.32. The Morgan fingerprint density at radius 3 is 2.75 bits per heavy atom. The summed E-state index contributed by atoms with van der Waals surface area (Å²) in [5.41, 5.74) is 2.15. The zero-order valence-corrected chi connectivity index (χ0v) is 10.3. The fourth-order valence-corrected chi connectivity index (χ4v) is 2.36. The van der Waals surface area contributed by atoms with Gasteiger partial charge in [0.1, 0.15) is 0 Å². The molecule has 1 saturated carbocycles. The van der Waals surface area contributed by atoms with Crippen LogP contribution >= 0.6 is 0 Å². The van der Waals surface area contributed by atoms with E-state index in [4.69, 9.17) is 4.74 Å². The summed E-state index contributed by atoms with van der Waals surface area (Å²) in [6.07, 6.45) is 3.87. The number of aryl methyl sites for hydroxylation is 1. The number of hydrogen-bond acceptors (Lipinski definition) is 3. The molecule has 16 heavy (non-hydrogen) atoms. The fraction of sp³-hybridized carbons (Fsp3) is 0.615. The maximum absolute atomic E-state index is 5.10. The van der Waals surface area contributed by atoms with Crippen LogP contribution in [-0.2, 0) is 0 Å². The molecule has 0 aliphatic heterocycles. The lowest BCUT2D eigenvalue weighted by molar-refractivity contribution is 0.397. The molecule has 2 rings (SSSR count). The molecule has 1 N–H and O–H groups in total. The van der Waals surface area contributed by atoms with Crippen LogP contribution in [0, 0.1) is 12.8 Å². The highest BCUT2D eigenvalue weighted by atomic mass is 16.5. The Morgan fingerprint density at radius 2 is 2.19 bits per heavy atom. The molecule has 0 aromatic carbocycles. The summed E-state index contributed by atoms with van der Waals surface area (Å²) in [6.45, 7) is 4.34. The van der Waals surface area contributed by atoms with Gasteiger partial charge in [0.2, 0.25) is 5.88 Å². The lowest BCUT2D eigenvalue weighted by Gasteiger charge is -2.15. The van der Waals surface area contributed by atoms with Crippen LogP contribution in [0.5, 0.6) is 5.88 Å². The highest BCUT2D eigenvalue weighted by Crippen LogP contribution is 2.28. The quantitative estimate of drug-likeness (QED) is 0.850. The molecule has 1 aromatic heterocycles. The largest absolute Gasteiger partial charge is 0.481 e. The highest BCUT2D eigenvalue weighted by Gasteiger charge is 2.21. The van der Waals surface area contributed by atoms with E-state index in [2.05, 4.69) is 23.3 Å². The number of nitrogens with zero attached hydrogens (tertiary/aromatic N) is 1. The number of rotatable bonds is 3. The monoisotopic (exact) mass is 220 g/mol. The second-order valence-electron chi connectivity index (χ2n) is 4.75. The van der Waals surface area contributed by atoms with Crippen LogP contribution in [0.4, 0.5) is 5.69 Å². The van der Waals surface area contributed by atoms with Crippen LogP contribution in [0.25, 0.3) is 0 Å². The van der Waals surface area contributed by atoms with Gasteiger partial charge < -0.3 is 10.1 Å². The maximum Gasteiger partial charge on any atom is 0.213 e.